The minimum atomic E-state index is -0.801. The zero-order valence-corrected chi connectivity index (χ0v) is 9.39. The Morgan fingerprint density at radius 3 is 2.71 bits per heavy atom. The summed E-state index contributed by atoms with van der Waals surface area (Å²) in [6.07, 6.45) is 4.56. The van der Waals surface area contributed by atoms with Gasteiger partial charge in [0.05, 0.1) is 0 Å². The van der Waals surface area contributed by atoms with Crippen molar-refractivity contribution < 1.29 is 14.7 Å². The molecule has 0 aromatic heterocycles. The Morgan fingerprint density at radius 2 is 2.29 bits per heavy atom. The summed E-state index contributed by atoms with van der Waals surface area (Å²) in [6, 6.07) is 0. The average molecular weight is 216 g/mol. The maximum absolute atomic E-state index is 11.3. The molecule has 0 radical (unpaired) electrons. The van der Waals surface area contributed by atoms with Gasteiger partial charge in [0, 0.05) is 12.8 Å². The highest BCUT2D eigenvalue weighted by Gasteiger charge is 2.42. The highest BCUT2D eigenvalue weighted by molar-refractivity contribution is 8.00. The molecule has 1 aliphatic rings. The van der Waals surface area contributed by atoms with E-state index in [9.17, 15) is 9.59 Å². The van der Waals surface area contributed by atoms with Crippen molar-refractivity contribution in [3.05, 3.63) is 0 Å². The number of thioether (sulfide) groups is 1. The van der Waals surface area contributed by atoms with Crippen molar-refractivity contribution in [2.45, 2.75) is 37.4 Å². The van der Waals surface area contributed by atoms with Crippen LogP contribution in [0.15, 0.2) is 0 Å². The fourth-order valence-electron chi connectivity index (χ4n) is 1.92. The summed E-state index contributed by atoms with van der Waals surface area (Å²) in [7, 11) is 0. The molecule has 1 N–H and O–H groups in total. The molecule has 0 bridgehead atoms. The molecular weight excluding hydrogens is 200 g/mol. The van der Waals surface area contributed by atoms with Crippen LogP contribution in [-0.2, 0) is 9.59 Å². The summed E-state index contributed by atoms with van der Waals surface area (Å²) in [5, 5.41) is 9.14. The van der Waals surface area contributed by atoms with Crippen molar-refractivity contribution in [3.8, 4) is 0 Å². The lowest BCUT2D eigenvalue weighted by molar-refractivity contribution is -0.141. The van der Waals surface area contributed by atoms with E-state index < -0.39 is 10.7 Å². The first-order valence-electron chi connectivity index (χ1n) is 4.81. The number of carbonyl (C=O) groups excluding carboxylic acids is 1. The van der Waals surface area contributed by atoms with Crippen LogP contribution < -0.4 is 0 Å². The van der Waals surface area contributed by atoms with Crippen molar-refractivity contribution in [1.82, 2.24) is 0 Å². The van der Waals surface area contributed by atoms with Crippen LogP contribution in [0.1, 0.15) is 32.6 Å². The second kappa shape index (κ2) is 4.34. The first kappa shape index (κ1) is 11.6. The largest absolute Gasteiger partial charge is 0.480 e. The number of Topliss-reactive ketones (excluding diaryl/α,β-unsaturated/α-hetero) is 1. The van der Waals surface area contributed by atoms with Crippen molar-refractivity contribution in [1.29, 1.82) is 0 Å². The van der Waals surface area contributed by atoms with Crippen LogP contribution in [0, 0.1) is 5.92 Å². The predicted octanol–water partition coefficient (Wildman–Crippen LogP) is 1.95. The number of ketones is 1. The van der Waals surface area contributed by atoms with E-state index in [0.717, 1.165) is 12.8 Å². The van der Waals surface area contributed by atoms with Crippen molar-refractivity contribution in [2.24, 2.45) is 5.92 Å². The van der Waals surface area contributed by atoms with Crippen molar-refractivity contribution in [2.75, 3.05) is 6.26 Å². The van der Waals surface area contributed by atoms with Gasteiger partial charge in [-0.1, -0.05) is 0 Å². The molecule has 1 rings (SSSR count). The van der Waals surface area contributed by atoms with Gasteiger partial charge in [-0.3, -0.25) is 9.59 Å². The fraction of sp³-hybridized carbons (Fsp3) is 0.800. The lowest BCUT2D eigenvalue weighted by Gasteiger charge is -2.34. The Kier molecular flexibility index (Phi) is 3.59. The van der Waals surface area contributed by atoms with Crippen LogP contribution >= 0.6 is 11.8 Å². The molecular formula is C10H16O3S. The Labute approximate surface area is 88.3 Å². The number of hydrogen-bond donors (Lipinski definition) is 1. The van der Waals surface area contributed by atoms with Crippen LogP contribution in [-0.4, -0.2) is 27.9 Å². The minimum Gasteiger partial charge on any atom is -0.480 e. The van der Waals surface area contributed by atoms with Gasteiger partial charge in [-0.15, -0.1) is 11.8 Å². The third-order valence-electron chi connectivity index (χ3n) is 3.11. The van der Waals surface area contributed by atoms with E-state index in [2.05, 4.69) is 0 Å². The van der Waals surface area contributed by atoms with Gasteiger partial charge in [0.1, 0.15) is 10.5 Å². The Morgan fingerprint density at radius 1 is 1.64 bits per heavy atom. The Bertz CT molecular complexity index is 252. The molecule has 2 atom stereocenters. The first-order chi connectivity index (χ1) is 6.50. The third kappa shape index (κ3) is 2.11. The normalized spacial score (nSPS) is 27.0. The average Bonchev–Trinajstić information content (AvgIpc) is 2.16. The second-order valence-electron chi connectivity index (χ2n) is 3.95. The topological polar surface area (TPSA) is 54.4 Å². The first-order valence-corrected chi connectivity index (χ1v) is 6.03. The molecule has 14 heavy (non-hydrogen) atoms. The number of carboxylic acid groups (broad SMARTS) is 1. The minimum absolute atomic E-state index is 0.00347. The fourth-order valence-corrected chi connectivity index (χ4v) is 2.63. The summed E-state index contributed by atoms with van der Waals surface area (Å²) in [5.74, 6) is -0.594. The van der Waals surface area contributed by atoms with E-state index in [0.29, 0.717) is 12.8 Å². The Balaban J connectivity index is 2.78. The van der Waals surface area contributed by atoms with E-state index in [1.54, 1.807) is 13.2 Å². The van der Waals surface area contributed by atoms with Crippen LogP contribution in [0.25, 0.3) is 0 Å². The summed E-state index contributed by atoms with van der Waals surface area (Å²) in [4.78, 5) is 22.4. The molecule has 1 fully saturated rings. The van der Waals surface area contributed by atoms with E-state index >= 15 is 0 Å². The zero-order chi connectivity index (χ0) is 10.8. The number of carbonyl (C=O) groups is 2. The lowest BCUT2D eigenvalue weighted by atomic mass is 9.79. The predicted molar refractivity (Wildman–Crippen MR) is 56.5 cm³/mol. The highest BCUT2D eigenvalue weighted by atomic mass is 32.2. The standard InChI is InChI=1S/C10H16O3S/c1-10(14-2,9(12)13)7-4-3-5-8(11)6-7/h7H,3-6H2,1-2H3,(H,12,13). The number of carboxylic acids is 1. The molecule has 1 saturated carbocycles. The van der Waals surface area contributed by atoms with Crippen LogP contribution in [0.2, 0.25) is 0 Å². The lowest BCUT2D eigenvalue weighted by Crippen LogP contribution is -2.42. The third-order valence-corrected chi connectivity index (χ3v) is 4.47. The molecule has 80 valence electrons. The quantitative estimate of drug-likeness (QED) is 0.783. The number of rotatable bonds is 3. The summed E-state index contributed by atoms with van der Waals surface area (Å²) < 4.78 is -0.796. The summed E-state index contributed by atoms with van der Waals surface area (Å²) in [5.41, 5.74) is 0. The SMILES string of the molecule is CSC(C)(C(=O)O)C1CCCC(=O)C1. The Hall–Kier alpha value is -0.510. The van der Waals surface area contributed by atoms with E-state index in [4.69, 9.17) is 5.11 Å². The second-order valence-corrected chi connectivity index (χ2v) is 5.20. The smallest absolute Gasteiger partial charge is 0.319 e. The molecule has 0 spiro atoms. The van der Waals surface area contributed by atoms with E-state index in [-0.39, 0.29) is 11.7 Å². The zero-order valence-electron chi connectivity index (χ0n) is 8.58. The van der Waals surface area contributed by atoms with Crippen molar-refractivity contribution in [3.63, 3.8) is 0 Å². The molecule has 0 aliphatic heterocycles. The van der Waals surface area contributed by atoms with Gasteiger partial charge in [0.15, 0.2) is 0 Å². The molecule has 3 nitrogen and oxygen atoms in total. The molecule has 0 aromatic carbocycles. The van der Waals surface area contributed by atoms with E-state index in [1.807, 2.05) is 0 Å². The van der Waals surface area contributed by atoms with Crippen LogP contribution in [0.3, 0.4) is 0 Å². The van der Waals surface area contributed by atoms with Crippen molar-refractivity contribution >= 4 is 23.5 Å². The van der Waals surface area contributed by atoms with E-state index in [1.165, 1.54) is 11.8 Å². The van der Waals surface area contributed by atoms with Crippen LogP contribution in [0.5, 0.6) is 0 Å². The summed E-state index contributed by atoms with van der Waals surface area (Å²) >= 11 is 1.34. The molecule has 0 saturated heterocycles. The van der Waals surface area contributed by atoms with Gasteiger partial charge in [-0.05, 0) is 31.9 Å². The molecule has 4 heteroatoms. The van der Waals surface area contributed by atoms with Gasteiger partial charge >= 0.3 is 5.97 Å². The molecule has 2 unspecified atom stereocenters. The highest BCUT2D eigenvalue weighted by Crippen LogP contribution is 2.39. The van der Waals surface area contributed by atoms with Gasteiger partial charge in [0.2, 0.25) is 0 Å². The number of hydrogen-bond acceptors (Lipinski definition) is 3. The summed E-state index contributed by atoms with van der Waals surface area (Å²) in [6.45, 7) is 1.73. The maximum Gasteiger partial charge on any atom is 0.319 e. The molecule has 0 heterocycles. The molecule has 1 aliphatic carbocycles. The van der Waals surface area contributed by atoms with Gasteiger partial charge in [-0.2, -0.15) is 0 Å². The van der Waals surface area contributed by atoms with Crippen LogP contribution in [0.4, 0.5) is 0 Å². The van der Waals surface area contributed by atoms with Gasteiger partial charge in [0.25, 0.3) is 0 Å². The monoisotopic (exact) mass is 216 g/mol. The molecule has 0 amide bonds. The maximum atomic E-state index is 11.3. The number of aliphatic carboxylic acids is 1. The van der Waals surface area contributed by atoms with Gasteiger partial charge < -0.3 is 5.11 Å². The molecule has 0 aromatic rings. The van der Waals surface area contributed by atoms with Gasteiger partial charge in [-0.25, -0.2) is 0 Å².